The molecule has 3 N–H and O–H groups in total. The smallest absolute Gasteiger partial charge is 0.166 e. The lowest BCUT2D eigenvalue weighted by Gasteiger charge is -2.40. The molecule has 2 aliphatic rings. The standard InChI is InChI=1S/C26H25F2N3S/c1-4-17-13-18(6-8-19(17)24(29)32)31-25-16(3)14-26(11-12-30-25)10-9-21(26)20-7-5-15(2)22(27)23(20)28/h5-9,11-13H,3-4,10,14H2,1-2H3,(H2,29,32)(H,30,31). The van der Waals surface area contributed by atoms with E-state index < -0.39 is 17.0 Å². The number of aryl methyl sites for hydroxylation is 2. The van der Waals surface area contributed by atoms with Crippen LogP contribution in [0.2, 0.25) is 0 Å². The second-order valence-electron chi connectivity index (χ2n) is 8.32. The zero-order chi connectivity index (χ0) is 23.0. The minimum atomic E-state index is -0.803. The van der Waals surface area contributed by atoms with Gasteiger partial charge in [0, 0.05) is 28.4 Å². The number of hydrogen-bond donors (Lipinski definition) is 2. The summed E-state index contributed by atoms with van der Waals surface area (Å²) in [7, 11) is 0. The number of halogens is 2. The van der Waals surface area contributed by atoms with Crippen LogP contribution in [0.25, 0.3) is 5.57 Å². The van der Waals surface area contributed by atoms with Crippen LogP contribution in [0.1, 0.15) is 42.0 Å². The van der Waals surface area contributed by atoms with Crippen molar-refractivity contribution >= 4 is 34.3 Å². The zero-order valence-electron chi connectivity index (χ0n) is 18.1. The summed E-state index contributed by atoms with van der Waals surface area (Å²) in [6.45, 7) is 7.84. The molecule has 3 nitrogen and oxygen atoms in total. The number of aliphatic imine (C=N–C) groups is 1. The molecule has 164 valence electrons. The van der Waals surface area contributed by atoms with Gasteiger partial charge >= 0.3 is 0 Å². The topological polar surface area (TPSA) is 50.4 Å². The van der Waals surface area contributed by atoms with Gasteiger partial charge in [-0.1, -0.05) is 50.0 Å². The van der Waals surface area contributed by atoms with Gasteiger partial charge in [-0.3, -0.25) is 0 Å². The second-order valence-corrected chi connectivity index (χ2v) is 8.76. The van der Waals surface area contributed by atoms with Crippen molar-refractivity contribution in [3.05, 3.63) is 94.7 Å². The van der Waals surface area contributed by atoms with E-state index in [0.29, 0.717) is 28.4 Å². The number of amidine groups is 1. The summed E-state index contributed by atoms with van der Waals surface area (Å²) >= 11 is 5.13. The van der Waals surface area contributed by atoms with Crippen LogP contribution in [0.15, 0.2) is 65.8 Å². The molecule has 32 heavy (non-hydrogen) atoms. The van der Waals surface area contributed by atoms with E-state index in [1.807, 2.05) is 37.3 Å². The molecule has 6 heteroatoms. The fourth-order valence-corrected chi connectivity index (χ4v) is 4.55. The summed E-state index contributed by atoms with van der Waals surface area (Å²) in [6.07, 6.45) is 7.71. The van der Waals surface area contributed by atoms with Gasteiger partial charge in [0.2, 0.25) is 0 Å². The molecule has 0 radical (unpaired) electrons. The van der Waals surface area contributed by atoms with Gasteiger partial charge in [-0.15, -0.1) is 0 Å². The van der Waals surface area contributed by atoms with Gasteiger partial charge in [-0.25, -0.2) is 13.8 Å². The lowest BCUT2D eigenvalue weighted by Crippen LogP contribution is -2.29. The molecule has 2 aromatic carbocycles. The van der Waals surface area contributed by atoms with Crippen molar-refractivity contribution in [3.8, 4) is 0 Å². The maximum absolute atomic E-state index is 14.7. The molecule has 1 aliphatic heterocycles. The van der Waals surface area contributed by atoms with Crippen LogP contribution in [0.5, 0.6) is 0 Å². The molecule has 1 spiro atoms. The van der Waals surface area contributed by atoms with Crippen molar-refractivity contribution in [3.63, 3.8) is 0 Å². The van der Waals surface area contributed by atoms with E-state index in [1.54, 1.807) is 25.3 Å². The highest BCUT2D eigenvalue weighted by Gasteiger charge is 2.41. The maximum atomic E-state index is 14.7. The van der Waals surface area contributed by atoms with Gasteiger partial charge in [-0.2, -0.15) is 0 Å². The molecule has 0 saturated heterocycles. The lowest BCUT2D eigenvalue weighted by atomic mass is 9.63. The first-order valence-corrected chi connectivity index (χ1v) is 11.0. The molecular weight excluding hydrogens is 424 g/mol. The first-order valence-electron chi connectivity index (χ1n) is 10.5. The van der Waals surface area contributed by atoms with Crippen LogP contribution in [-0.2, 0) is 6.42 Å². The Balaban J connectivity index is 1.56. The average Bonchev–Trinajstić information content (AvgIpc) is 2.93. The van der Waals surface area contributed by atoms with E-state index in [9.17, 15) is 8.78 Å². The third-order valence-electron chi connectivity index (χ3n) is 6.25. The van der Waals surface area contributed by atoms with Crippen LogP contribution in [0.3, 0.4) is 0 Å². The van der Waals surface area contributed by atoms with Crippen LogP contribution < -0.4 is 11.1 Å². The van der Waals surface area contributed by atoms with Gasteiger partial charge in [0.1, 0.15) is 10.8 Å². The minimum Gasteiger partial charge on any atom is -0.389 e. The highest BCUT2D eigenvalue weighted by atomic mass is 32.1. The summed E-state index contributed by atoms with van der Waals surface area (Å²) in [5.41, 5.74) is 10.3. The first-order chi connectivity index (χ1) is 15.3. The van der Waals surface area contributed by atoms with Gasteiger partial charge in [0.05, 0.1) is 0 Å². The van der Waals surface area contributed by atoms with E-state index in [4.69, 9.17) is 18.0 Å². The number of anilines is 1. The van der Waals surface area contributed by atoms with Crippen LogP contribution >= 0.6 is 12.2 Å². The monoisotopic (exact) mass is 449 g/mol. The summed E-state index contributed by atoms with van der Waals surface area (Å²) < 4.78 is 28.9. The van der Waals surface area contributed by atoms with E-state index in [0.717, 1.165) is 40.8 Å². The Bertz CT molecular complexity index is 1230. The van der Waals surface area contributed by atoms with E-state index in [1.165, 1.54) is 0 Å². The minimum absolute atomic E-state index is 0.295. The summed E-state index contributed by atoms with van der Waals surface area (Å²) in [5, 5.41) is 3.34. The van der Waals surface area contributed by atoms with E-state index >= 15 is 0 Å². The average molecular weight is 450 g/mol. The third-order valence-corrected chi connectivity index (χ3v) is 6.47. The van der Waals surface area contributed by atoms with Crippen molar-refractivity contribution in [2.45, 2.75) is 33.1 Å². The van der Waals surface area contributed by atoms with Crippen molar-refractivity contribution in [1.82, 2.24) is 0 Å². The molecular formula is C26H25F2N3S. The van der Waals surface area contributed by atoms with Crippen molar-refractivity contribution < 1.29 is 8.78 Å². The Morgan fingerprint density at radius 2 is 2.03 bits per heavy atom. The van der Waals surface area contributed by atoms with Gasteiger partial charge in [0.25, 0.3) is 0 Å². The fourth-order valence-electron chi connectivity index (χ4n) is 4.35. The second kappa shape index (κ2) is 8.43. The Morgan fingerprint density at radius 1 is 1.25 bits per heavy atom. The molecule has 0 aromatic heterocycles. The Labute approximate surface area is 192 Å². The normalized spacial score (nSPS) is 19.8. The van der Waals surface area contributed by atoms with Crippen molar-refractivity contribution in [1.29, 1.82) is 0 Å². The Morgan fingerprint density at radius 3 is 2.69 bits per heavy atom. The lowest BCUT2D eigenvalue weighted by molar-refractivity contribution is 0.465. The molecule has 1 heterocycles. The summed E-state index contributed by atoms with van der Waals surface area (Å²) in [6, 6.07) is 9.09. The number of nitrogens with zero attached hydrogens (tertiary/aromatic N) is 1. The molecule has 0 bridgehead atoms. The first kappa shape index (κ1) is 22.1. The number of thiocarbonyl (C=S) groups is 1. The van der Waals surface area contributed by atoms with Crippen molar-refractivity contribution in [2.75, 3.05) is 5.32 Å². The van der Waals surface area contributed by atoms with Gasteiger partial charge < -0.3 is 11.1 Å². The largest absolute Gasteiger partial charge is 0.389 e. The van der Waals surface area contributed by atoms with Gasteiger partial charge in [0.15, 0.2) is 11.6 Å². The van der Waals surface area contributed by atoms with Crippen LogP contribution in [0.4, 0.5) is 14.5 Å². The van der Waals surface area contributed by atoms with Crippen LogP contribution in [0, 0.1) is 24.0 Å². The highest BCUT2D eigenvalue weighted by molar-refractivity contribution is 7.80. The number of nitrogens with two attached hydrogens (primary N) is 1. The molecule has 1 aliphatic carbocycles. The molecule has 4 rings (SSSR count). The Hall–Kier alpha value is -3.12. The SMILES string of the molecule is C=C1CC2(C=CN=C1Nc1ccc(C(N)=S)c(CC)c1)CC=C2c1ccc(C)c(F)c1F. The molecule has 0 fully saturated rings. The van der Waals surface area contributed by atoms with Gasteiger partial charge in [-0.05, 0) is 66.7 Å². The van der Waals surface area contributed by atoms with E-state index in [-0.39, 0.29) is 0 Å². The number of allylic oxidation sites excluding steroid dienone is 3. The van der Waals surface area contributed by atoms with E-state index in [2.05, 4.69) is 16.9 Å². The Kier molecular flexibility index (Phi) is 5.82. The number of nitrogens with one attached hydrogen (secondary N) is 1. The predicted octanol–water partition coefficient (Wildman–Crippen LogP) is 6.23. The summed E-state index contributed by atoms with van der Waals surface area (Å²) in [4.78, 5) is 4.93. The molecule has 1 atom stereocenters. The zero-order valence-corrected chi connectivity index (χ0v) is 19.0. The predicted molar refractivity (Wildman–Crippen MR) is 132 cm³/mol. The highest BCUT2D eigenvalue weighted by Crippen LogP contribution is 2.53. The molecule has 0 saturated carbocycles. The molecule has 1 unspecified atom stereocenters. The molecule has 2 aromatic rings. The maximum Gasteiger partial charge on any atom is 0.166 e. The molecule has 0 amide bonds. The number of benzene rings is 2. The fraction of sp³-hybridized carbons (Fsp3) is 0.231. The third kappa shape index (κ3) is 3.79. The number of hydrogen-bond acceptors (Lipinski definition) is 3. The number of rotatable bonds is 4. The van der Waals surface area contributed by atoms with Crippen molar-refractivity contribution in [2.24, 2.45) is 16.1 Å². The summed E-state index contributed by atoms with van der Waals surface area (Å²) in [5.74, 6) is -0.958. The van der Waals surface area contributed by atoms with Crippen LogP contribution in [-0.4, -0.2) is 10.8 Å². The quantitative estimate of drug-likeness (QED) is 0.544.